The predicted molar refractivity (Wildman–Crippen MR) is 197 cm³/mol. The topological polar surface area (TPSA) is 168 Å². The lowest BCUT2D eigenvalue weighted by Gasteiger charge is -2.15. The largest absolute Gasteiger partial charge is 0.481 e. The van der Waals surface area contributed by atoms with Crippen LogP contribution in [0.25, 0.3) is 34.2 Å². The molecule has 0 saturated carbocycles. The van der Waals surface area contributed by atoms with Crippen molar-refractivity contribution in [1.29, 1.82) is 5.26 Å². The number of pyridine rings is 4. The highest BCUT2D eigenvalue weighted by molar-refractivity contribution is 6.04. The van der Waals surface area contributed by atoms with Gasteiger partial charge in [0.15, 0.2) is 0 Å². The van der Waals surface area contributed by atoms with Crippen LogP contribution in [0, 0.1) is 24.2 Å². The van der Waals surface area contributed by atoms with Crippen LogP contribution in [-0.4, -0.2) is 84.1 Å². The highest BCUT2D eigenvalue weighted by atomic mass is 16.4. The number of rotatable bonds is 10. The smallest absolute Gasteiger partial charge is 0.307 e. The number of hydrogen-bond donors (Lipinski definition) is 3. The summed E-state index contributed by atoms with van der Waals surface area (Å²) in [5.41, 5.74) is 7.32. The van der Waals surface area contributed by atoms with E-state index < -0.39 is 5.97 Å². The molecule has 0 bridgehead atoms. The molecule has 0 unspecified atom stereocenters. The maximum Gasteiger partial charge on any atom is 0.307 e. The van der Waals surface area contributed by atoms with E-state index in [-0.39, 0.29) is 23.6 Å². The van der Waals surface area contributed by atoms with E-state index in [9.17, 15) is 25.1 Å². The number of likely N-dealkylation sites (tertiary alicyclic amines) is 2. The average Bonchev–Trinajstić information content (AvgIpc) is 3.80. The Labute approximate surface area is 301 Å². The van der Waals surface area contributed by atoms with Crippen molar-refractivity contribution in [3.05, 3.63) is 113 Å². The van der Waals surface area contributed by atoms with Gasteiger partial charge in [-0.15, -0.1) is 0 Å². The summed E-state index contributed by atoms with van der Waals surface area (Å²) in [6.45, 7) is 5.94. The second kappa shape index (κ2) is 15.2. The van der Waals surface area contributed by atoms with Crippen molar-refractivity contribution in [2.45, 2.75) is 39.0 Å². The minimum absolute atomic E-state index is 0.289. The number of benzene rings is 1. The molecule has 12 nitrogen and oxygen atoms in total. The van der Waals surface area contributed by atoms with E-state index in [1.807, 2.05) is 37.3 Å². The van der Waals surface area contributed by atoms with Gasteiger partial charge >= 0.3 is 5.97 Å². The molecule has 2 aliphatic heterocycles. The number of nitrogens with zero attached hydrogens (tertiary/aromatic N) is 7. The van der Waals surface area contributed by atoms with Crippen LogP contribution in [-0.2, 0) is 17.9 Å². The van der Waals surface area contributed by atoms with Crippen molar-refractivity contribution in [1.82, 2.24) is 29.7 Å². The number of amides is 1. The van der Waals surface area contributed by atoms with E-state index in [1.165, 1.54) is 0 Å². The normalized spacial score (nSPS) is 17.9. The Morgan fingerprint density at radius 2 is 1.65 bits per heavy atom. The Hall–Kier alpha value is -5.87. The minimum atomic E-state index is -0.749. The second-order valence-electron chi connectivity index (χ2n) is 13.4. The van der Waals surface area contributed by atoms with Crippen molar-refractivity contribution in [2.24, 2.45) is 5.92 Å². The number of nitriles is 1. The van der Waals surface area contributed by atoms with E-state index in [1.54, 1.807) is 49.1 Å². The first-order valence-corrected chi connectivity index (χ1v) is 17.3. The monoisotopic (exact) mass is 694 g/mol. The van der Waals surface area contributed by atoms with Crippen molar-refractivity contribution in [2.75, 3.05) is 31.5 Å². The van der Waals surface area contributed by atoms with Crippen LogP contribution in [0.5, 0.6) is 0 Å². The van der Waals surface area contributed by atoms with Gasteiger partial charge in [-0.2, -0.15) is 5.26 Å². The van der Waals surface area contributed by atoms with Gasteiger partial charge in [0.2, 0.25) is 0 Å². The molecule has 0 aliphatic carbocycles. The highest BCUT2D eigenvalue weighted by Gasteiger charge is 2.28. The fourth-order valence-electron chi connectivity index (χ4n) is 6.99. The van der Waals surface area contributed by atoms with Crippen molar-refractivity contribution in [3.63, 3.8) is 0 Å². The van der Waals surface area contributed by atoms with Crippen LogP contribution in [0.3, 0.4) is 0 Å². The first kappa shape index (κ1) is 34.6. The standard InChI is InChI=1S/C40H38N8O4/c1-25-31(3-2-4-34(25)46-39(50)37-6-5-26(19-44-37)21-48-16-12-30(49)24-48)32-10-14-42-35(33(32)18-41)7-8-36-38-28(9-13-43-36)17-27(20-45-38)22-47-15-11-29(23-47)40(51)52/h2-10,13-14,17,19-20,29-30,49H,11-12,15-16,21-24H2,1H3,(H,46,50)(H,51,52)/b8-7+/t29-,30-/m1/s1. The molecule has 12 heteroatoms. The molecule has 262 valence electrons. The quantitative estimate of drug-likeness (QED) is 0.177. The third-order valence-electron chi connectivity index (χ3n) is 9.79. The zero-order valence-electron chi connectivity index (χ0n) is 28.7. The summed E-state index contributed by atoms with van der Waals surface area (Å²) in [6.07, 6.45) is 11.6. The number of aliphatic hydroxyl groups is 1. The lowest BCUT2D eigenvalue weighted by atomic mass is 9.95. The van der Waals surface area contributed by atoms with E-state index in [4.69, 9.17) is 4.98 Å². The molecule has 2 fully saturated rings. The summed E-state index contributed by atoms with van der Waals surface area (Å²) in [5, 5.41) is 33.3. The van der Waals surface area contributed by atoms with Gasteiger partial charge in [-0.3, -0.25) is 39.3 Å². The minimum Gasteiger partial charge on any atom is -0.481 e. The number of carboxylic acid groups (broad SMARTS) is 1. The van der Waals surface area contributed by atoms with E-state index in [0.717, 1.165) is 47.2 Å². The Kier molecular flexibility index (Phi) is 10.1. The van der Waals surface area contributed by atoms with Gasteiger partial charge in [-0.05, 0) is 91.0 Å². The lowest BCUT2D eigenvalue weighted by Crippen LogP contribution is -2.22. The summed E-state index contributed by atoms with van der Waals surface area (Å²) in [4.78, 5) is 47.0. The fourth-order valence-corrected chi connectivity index (χ4v) is 6.99. The molecule has 1 amide bonds. The van der Waals surface area contributed by atoms with Gasteiger partial charge in [-0.1, -0.05) is 18.2 Å². The van der Waals surface area contributed by atoms with Gasteiger partial charge in [0, 0.05) is 74.1 Å². The number of carbonyl (C=O) groups excluding carboxylic acids is 1. The van der Waals surface area contributed by atoms with Crippen molar-refractivity contribution in [3.8, 4) is 17.2 Å². The molecule has 5 aromatic rings. The lowest BCUT2D eigenvalue weighted by molar-refractivity contribution is -0.141. The molecule has 2 atom stereocenters. The zero-order chi connectivity index (χ0) is 36.2. The predicted octanol–water partition coefficient (Wildman–Crippen LogP) is 5.16. The molecule has 4 aromatic heterocycles. The van der Waals surface area contributed by atoms with Crippen molar-refractivity contribution < 1.29 is 19.8 Å². The molecule has 3 N–H and O–H groups in total. The molecule has 2 saturated heterocycles. The summed E-state index contributed by atoms with van der Waals surface area (Å²) >= 11 is 0. The number of carbonyl (C=O) groups is 2. The van der Waals surface area contributed by atoms with Crippen LogP contribution < -0.4 is 5.32 Å². The number of β-amino-alcohol motifs (C(OH)–C–C–N with tert-alkyl or cyclic N) is 1. The molecule has 52 heavy (non-hydrogen) atoms. The molecule has 1 aromatic carbocycles. The molecular weight excluding hydrogens is 656 g/mol. The Balaban J connectivity index is 1.08. The number of fused-ring (bicyclic) bond motifs is 1. The van der Waals surface area contributed by atoms with Gasteiger partial charge in [0.25, 0.3) is 5.91 Å². The van der Waals surface area contributed by atoms with E-state index in [0.29, 0.717) is 66.3 Å². The van der Waals surface area contributed by atoms with Gasteiger partial charge in [-0.25, -0.2) is 0 Å². The number of aromatic nitrogens is 4. The summed E-state index contributed by atoms with van der Waals surface area (Å²) in [5.74, 6) is -1.42. The second-order valence-corrected chi connectivity index (χ2v) is 13.4. The van der Waals surface area contributed by atoms with Crippen LogP contribution in [0.4, 0.5) is 5.69 Å². The third-order valence-corrected chi connectivity index (χ3v) is 9.79. The molecule has 0 spiro atoms. The van der Waals surface area contributed by atoms with Crippen LogP contribution in [0.1, 0.15) is 57.0 Å². The van der Waals surface area contributed by atoms with Gasteiger partial charge < -0.3 is 15.5 Å². The summed E-state index contributed by atoms with van der Waals surface area (Å²) < 4.78 is 0. The van der Waals surface area contributed by atoms with E-state index >= 15 is 0 Å². The number of anilines is 1. The van der Waals surface area contributed by atoms with Crippen LogP contribution >= 0.6 is 0 Å². The van der Waals surface area contributed by atoms with Gasteiger partial charge in [0.05, 0.1) is 34.5 Å². The fraction of sp³-hybridized carbons (Fsp3) is 0.275. The Morgan fingerprint density at radius 3 is 2.40 bits per heavy atom. The number of hydrogen-bond acceptors (Lipinski definition) is 10. The summed E-state index contributed by atoms with van der Waals surface area (Å²) in [7, 11) is 0. The maximum atomic E-state index is 13.2. The maximum absolute atomic E-state index is 13.2. The SMILES string of the molecule is Cc1c(NC(=O)c2ccc(CN3CC[C@@H](O)C3)cn2)cccc1-c1ccnc(/C=C/c2nccc3cc(CN4CC[C@@H](C(=O)O)C4)cnc23)c1C#N. The number of nitrogens with one attached hydrogen (secondary N) is 1. The first-order valence-electron chi connectivity index (χ1n) is 17.3. The third kappa shape index (κ3) is 7.57. The molecule has 2 aliphatic rings. The zero-order valence-corrected chi connectivity index (χ0v) is 28.7. The van der Waals surface area contributed by atoms with Crippen molar-refractivity contribution >= 4 is 40.6 Å². The summed E-state index contributed by atoms with van der Waals surface area (Å²) in [6, 6.07) is 17.2. The first-order chi connectivity index (χ1) is 25.2. The van der Waals surface area contributed by atoms with Gasteiger partial charge in [0.1, 0.15) is 11.8 Å². The Morgan fingerprint density at radius 1 is 0.904 bits per heavy atom. The molecule has 0 radical (unpaired) electrons. The number of carboxylic acids is 1. The number of aliphatic hydroxyl groups excluding tert-OH is 1. The highest BCUT2D eigenvalue weighted by Crippen LogP contribution is 2.32. The molecular formula is C40H38N8O4. The van der Waals surface area contributed by atoms with Crippen LogP contribution in [0.15, 0.2) is 73.3 Å². The molecule has 7 rings (SSSR count). The average molecular weight is 695 g/mol. The van der Waals surface area contributed by atoms with Crippen LogP contribution in [0.2, 0.25) is 0 Å². The number of aliphatic carboxylic acids is 1. The Bertz CT molecular complexity index is 2210. The molecule has 6 heterocycles. The van der Waals surface area contributed by atoms with E-state index in [2.05, 4.69) is 42.2 Å².